The van der Waals surface area contributed by atoms with Crippen molar-refractivity contribution in [2.75, 3.05) is 11.1 Å². The number of hydrogen-bond donors (Lipinski definition) is 2. The second-order valence-corrected chi connectivity index (χ2v) is 8.93. The van der Waals surface area contributed by atoms with Gasteiger partial charge in [0.1, 0.15) is 9.71 Å². The zero-order chi connectivity index (χ0) is 17.6. The molecule has 0 fully saturated rings. The molecule has 3 aromatic rings. The second kappa shape index (κ2) is 6.74. The molecule has 3 N–H and O–H groups in total. The van der Waals surface area contributed by atoms with Crippen molar-refractivity contribution < 1.29 is 4.79 Å². The molecule has 1 aromatic carbocycles. The summed E-state index contributed by atoms with van der Waals surface area (Å²) in [6.07, 6.45) is 0. The quantitative estimate of drug-likeness (QED) is 0.422. The van der Waals surface area contributed by atoms with E-state index in [0.29, 0.717) is 16.3 Å². The number of aromatic nitrogens is 1. The lowest BCUT2D eigenvalue weighted by atomic mass is 10.1. The highest BCUT2D eigenvalue weighted by atomic mass is 79.9. The molecule has 0 unspecified atom stereocenters. The van der Waals surface area contributed by atoms with Crippen LogP contribution in [0.2, 0.25) is 0 Å². The summed E-state index contributed by atoms with van der Waals surface area (Å²) in [7, 11) is 0. The van der Waals surface area contributed by atoms with E-state index in [0.717, 1.165) is 34.9 Å². The van der Waals surface area contributed by atoms with Crippen molar-refractivity contribution >= 4 is 86.6 Å². The van der Waals surface area contributed by atoms with Crippen molar-refractivity contribution in [1.29, 1.82) is 0 Å². The number of halogens is 3. The van der Waals surface area contributed by atoms with Gasteiger partial charge in [0, 0.05) is 24.5 Å². The first-order valence-electron chi connectivity index (χ1n) is 6.90. The minimum absolute atomic E-state index is 0.253. The standard InChI is InChI=1S/C16H12Br3N3OS/c1-6-3-7(2)21-16-11(6)12(20)14(24-16)15(23)22-13-9(18)4-8(17)5-10(13)19/h3-5H,20H2,1-2H3,(H,22,23). The Morgan fingerprint density at radius 3 is 2.42 bits per heavy atom. The maximum Gasteiger partial charge on any atom is 0.268 e. The predicted molar refractivity (Wildman–Crippen MR) is 111 cm³/mol. The number of fused-ring (bicyclic) bond motifs is 1. The summed E-state index contributed by atoms with van der Waals surface area (Å²) in [4.78, 5) is 18.5. The molecule has 3 rings (SSSR count). The van der Waals surface area contributed by atoms with Gasteiger partial charge < -0.3 is 11.1 Å². The van der Waals surface area contributed by atoms with Crippen LogP contribution in [0.1, 0.15) is 20.9 Å². The number of nitrogens with two attached hydrogens (primary N) is 1. The number of anilines is 2. The Morgan fingerprint density at radius 1 is 1.17 bits per heavy atom. The molecule has 2 aromatic heterocycles. The molecule has 0 aliphatic rings. The Kier molecular flexibility index (Phi) is 5.01. The molecule has 0 radical (unpaired) electrons. The van der Waals surface area contributed by atoms with Gasteiger partial charge in [0.2, 0.25) is 0 Å². The van der Waals surface area contributed by atoms with Crippen LogP contribution in [0.3, 0.4) is 0 Å². The number of aryl methyl sites for hydroxylation is 2. The third-order valence-electron chi connectivity index (χ3n) is 3.48. The van der Waals surface area contributed by atoms with Gasteiger partial charge >= 0.3 is 0 Å². The highest BCUT2D eigenvalue weighted by Gasteiger charge is 2.20. The van der Waals surface area contributed by atoms with Gasteiger partial charge in [-0.1, -0.05) is 15.9 Å². The fourth-order valence-electron chi connectivity index (χ4n) is 2.47. The number of thiophene rings is 1. The third kappa shape index (κ3) is 3.24. The first kappa shape index (κ1) is 17.8. The molecule has 0 aliphatic heterocycles. The molecule has 2 heterocycles. The molecule has 8 heteroatoms. The van der Waals surface area contributed by atoms with E-state index in [1.807, 2.05) is 32.0 Å². The highest BCUT2D eigenvalue weighted by Crippen LogP contribution is 2.38. The highest BCUT2D eigenvalue weighted by molar-refractivity contribution is 9.11. The van der Waals surface area contributed by atoms with Crippen LogP contribution < -0.4 is 11.1 Å². The van der Waals surface area contributed by atoms with Gasteiger partial charge in [-0.2, -0.15) is 0 Å². The van der Waals surface area contributed by atoms with Gasteiger partial charge in [-0.25, -0.2) is 4.98 Å². The number of nitrogen functional groups attached to an aromatic ring is 1. The Bertz CT molecular complexity index is 961. The molecule has 1 amide bonds. The van der Waals surface area contributed by atoms with E-state index in [4.69, 9.17) is 5.73 Å². The van der Waals surface area contributed by atoms with E-state index in [1.165, 1.54) is 11.3 Å². The van der Waals surface area contributed by atoms with Gasteiger partial charge in [0.05, 0.1) is 11.4 Å². The number of carbonyl (C=O) groups excluding carboxylic acids is 1. The van der Waals surface area contributed by atoms with Crippen LogP contribution >= 0.6 is 59.1 Å². The van der Waals surface area contributed by atoms with Crippen LogP contribution in [0.25, 0.3) is 10.2 Å². The van der Waals surface area contributed by atoms with E-state index in [-0.39, 0.29) is 5.91 Å². The normalized spacial score (nSPS) is 11.0. The van der Waals surface area contributed by atoms with E-state index >= 15 is 0 Å². The minimum atomic E-state index is -0.253. The van der Waals surface area contributed by atoms with E-state index in [2.05, 4.69) is 58.1 Å². The van der Waals surface area contributed by atoms with Crippen molar-refractivity contribution in [3.05, 3.63) is 47.8 Å². The van der Waals surface area contributed by atoms with Gasteiger partial charge in [-0.3, -0.25) is 4.79 Å². The van der Waals surface area contributed by atoms with Crippen LogP contribution in [0.4, 0.5) is 11.4 Å². The smallest absolute Gasteiger partial charge is 0.268 e. The van der Waals surface area contributed by atoms with Crippen LogP contribution in [-0.2, 0) is 0 Å². The first-order valence-corrected chi connectivity index (χ1v) is 10.1. The topological polar surface area (TPSA) is 68.0 Å². The Balaban J connectivity index is 2.04. The van der Waals surface area contributed by atoms with Crippen LogP contribution in [0, 0.1) is 13.8 Å². The average molecular weight is 534 g/mol. The minimum Gasteiger partial charge on any atom is -0.397 e. The van der Waals surface area contributed by atoms with E-state index in [9.17, 15) is 4.79 Å². The van der Waals surface area contributed by atoms with E-state index < -0.39 is 0 Å². The Morgan fingerprint density at radius 2 is 1.79 bits per heavy atom. The number of hydrogen-bond acceptors (Lipinski definition) is 4. The summed E-state index contributed by atoms with van der Waals surface area (Å²) in [6, 6.07) is 5.70. The number of nitrogens with one attached hydrogen (secondary N) is 1. The van der Waals surface area contributed by atoms with Gasteiger partial charge in [-0.05, 0) is 69.5 Å². The Labute approximate surface area is 168 Å². The Hall–Kier alpha value is -0.960. The largest absolute Gasteiger partial charge is 0.397 e. The van der Waals surface area contributed by atoms with Crippen LogP contribution in [0.5, 0.6) is 0 Å². The van der Waals surface area contributed by atoms with Crippen molar-refractivity contribution in [3.63, 3.8) is 0 Å². The number of benzene rings is 1. The molecule has 0 saturated heterocycles. The maximum absolute atomic E-state index is 12.7. The lowest BCUT2D eigenvalue weighted by Gasteiger charge is -2.10. The molecule has 0 saturated carbocycles. The summed E-state index contributed by atoms with van der Waals surface area (Å²) < 4.78 is 2.43. The summed E-state index contributed by atoms with van der Waals surface area (Å²) in [5, 5.41) is 3.76. The zero-order valence-corrected chi connectivity index (χ0v) is 18.3. The lowest BCUT2D eigenvalue weighted by molar-refractivity contribution is 0.103. The van der Waals surface area contributed by atoms with Crippen LogP contribution in [-0.4, -0.2) is 10.9 Å². The van der Waals surface area contributed by atoms with Crippen molar-refractivity contribution in [2.24, 2.45) is 0 Å². The number of rotatable bonds is 2. The van der Waals surface area contributed by atoms with E-state index in [1.54, 1.807) is 0 Å². The van der Waals surface area contributed by atoms with Crippen LogP contribution in [0.15, 0.2) is 31.6 Å². The van der Waals surface area contributed by atoms with Crippen molar-refractivity contribution in [2.45, 2.75) is 13.8 Å². The fraction of sp³-hybridized carbons (Fsp3) is 0.125. The molecule has 0 spiro atoms. The summed E-state index contributed by atoms with van der Waals surface area (Å²) in [6.45, 7) is 3.90. The number of pyridine rings is 1. The van der Waals surface area contributed by atoms with Gasteiger partial charge in [0.15, 0.2) is 0 Å². The predicted octanol–water partition coefficient (Wildman–Crippen LogP) is 6.04. The molecule has 0 bridgehead atoms. The average Bonchev–Trinajstić information content (AvgIpc) is 2.79. The number of carbonyl (C=O) groups is 1. The molecule has 0 aliphatic carbocycles. The molecule has 24 heavy (non-hydrogen) atoms. The molecule has 4 nitrogen and oxygen atoms in total. The summed E-state index contributed by atoms with van der Waals surface area (Å²) in [5.41, 5.74) is 9.28. The molecule has 0 atom stereocenters. The second-order valence-electron chi connectivity index (χ2n) is 5.30. The molecule has 124 valence electrons. The third-order valence-corrected chi connectivity index (χ3v) is 6.28. The zero-order valence-electron chi connectivity index (χ0n) is 12.7. The van der Waals surface area contributed by atoms with Crippen molar-refractivity contribution in [1.82, 2.24) is 4.98 Å². The lowest BCUT2D eigenvalue weighted by Crippen LogP contribution is -2.13. The molecular weight excluding hydrogens is 522 g/mol. The fourth-order valence-corrected chi connectivity index (χ4v) is 6.04. The summed E-state index contributed by atoms with van der Waals surface area (Å²) in [5.74, 6) is -0.253. The monoisotopic (exact) mass is 531 g/mol. The maximum atomic E-state index is 12.7. The first-order chi connectivity index (χ1) is 11.3. The number of nitrogens with zero attached hydrogens (tertiary/aromatic N) is 1. The molecular formula is C16H12Br3N3OS. The van der Waals surface area contributed by atoms with Gasteiger partial charge in [-0.15, -0.1) is 11.3 Å². The summed E-state index contributed by atoms with van der Waals surface area (Å²) >= 11 is 11.6. The number of amides is 1. The SMILES string of the molecule is Cc1cc(C)c2c(N)c(C(=O)Nc3c(Br)cc(Br)cc3Br)sc2n1. The van der Waals surface area contributed by atoms with Crippen molar-refractivity contribution in [3.8, 4) is 0 Å². The van der Waals surface area contributed by atoms with Gasteiger partial charge in [0.25, 0.3) is 5.91 Å².